The first-order valence-electron chi connectivity index (χ1n) is 7.30. The van der Waals surface area contributed by atoms with Gasteiger partial charge in [-0.3, -0.25) is 14.7 Å². The Hall–Kier alpha value is -2.93. The fourth-order valence-corrected chi connectivity index (χ4v) is 3.01. The minimum absolute atomic E-state index is 0.000620. The van der Waals surface area contributed by atoms with Gasteiger partial charge < -0.3 is 10.4 Å². The molecule has 0 radical (unpaired) electrons. The van der Waals surface area contributed by atoms with Gasteiger partial charge in [0.1, 0.15) is 0 Å². The number of H-pyrrole nitrogens is 1. The van der Waals surface area contributed by atoms with Crippen molar-refractivity contribution < 1.29 is 14.7 Å². The van der Waals surface area contributed by atoms with Crippen LogP contribution in [0.5, 0.6) is 0 Å². The molecule has 3 N–H and O–H groups in total. The predicted molar refractivity (Wildman–Crippen MR) is 91.1 cm³/mol. The molecule has 0 saturated heterocycles. The van der Waals surface area contributed by atoms with Gasteiger partial charge in [0.05, 0.1) is 16.5 Å². The van der Waals surface area contributed by atoms with Crippen molar-refractivity contribution in [2.45, 2.75) is 5.92 Å². The maximum absolute atomic E-state index is 12.2. The Kier molecular flexibility index (Phi) is 4.72. The molecule has 1 aromatic carbocycles. The monoisotopic (exact) mass is 341 g/mol. The number of rotatable bonds is 6. The van der Waals surface area contributed by atoms with Gasteiger partial charge in [-0.05, 0) is 23.1 Å². The summed E-state index contributed by atoms with van der Waals surface area (Å²) in [6.45, 7) is -0.000620. The lowest BCUT2D eigenvalue weighted by atomic mass is 9.99. The van der Waals surface area contributed by atoms with E-state index in [1.165, 1.54) is 11.3 Å². The summed E-state index contributed by atoms with van der Waals surface area (Å²) in [5.74, 6) is -2.19. The molecule has 1 unspecified atom stereocenters. The summed E-state index contributed by atoms with van der Waals surface area (Å²) >= 11 is 1.54. The smallest absolute Gasteiger partial charge is 0.312 e. The number of benzene rings is 1. The quantitative estimate of drug-likeness (QED) is 0.642. The van der Waals surface area contributed by atoms with Crippen molar-refractivity contribution in [1.82, 2.24) is 15.5 Å². The van der Waals surface area contributed by atoms with Crippen LogP contribution in [0, 0.1) is 0 Å². The molecule has 3 aromatic rings. The highest BCUT2D eigenvalue weighted by molar-refractivity contribution is 7.13. The van der Waals surface area contributed by atoms with E-state index in [9.17, 15) is 14.7 Å². The van der Waals surface area contributed by atoms with Gasteiger partial charge in [0.25, 0.3) is 5.91 Å². The number of aromatic nitrogens is 2. The number of carboxylic acid groups (broad SMARTS) is 1. The van der Waals surface area contributed by atoms with Crippen molar-refractivity contribution in [2.24, 2.45) is 0 Å². The highest BCUT2D eigenvalue weighted by Gasteiger charge is 2.21. The number of hydrogen-bond acceptors (Lipinski definition) is 4. The van der Waals surface area contributed by atoms with Gasteiger partial charge >= 0.3 is 5.97 Å². The minimum atomic E-state index is -0.984. The van der Waals surface area contributed by atoms with Crippen LogP contribution >= 0.6 is 11.3 Å². The third kappa shape index (κ3) is 3.52. The fourth-order valence-electron chi connectivity index (χ4n) is 2.31. The maximum atomic E-state index is 12.2. The number of hydrogen-bond donors (Lipinski definition) is 3. The van der Waals surface area contributed by atoms with Crippen LogP contribution < -0.4 is 5.32 Å². The van der Waals surface area contributed by atoms with Crippen LogP contribution in [0.1, 0.15) is 22.0 Å². The van der Waals surface area contributed by atoms with E-state index in [-0.39, 0.29) is 12.2 Å². The summed E-state index contributed by atoms with van der Waals surface area (Å²) in [4.78, 5) is 24.6. The number of carboxylic acids is 1. The lowest BCUT2D eigenvalue weighted by molar-refractivity contribution is -0.138. The molecule has 0 bridgehead atoms. The van der Waals surface area contributed by atoms with E-state index in [1.807, 2.05) is 23.6 Å². The van der Waals surface area contributed by atoms with Crippen molar-refractivity contribution in [2.75, 3.05) is 6.54 Å². The Morgan fingerprint density at radius 2 is 2.00 bits per heavy atom. The Balaban J connectivity index is 1.67. The van der Waals surface area contributed by atoms with Gasteiger partial charge in [0, 0.05) is 6.54 Å². The summed E-state index contributed by atoms with van der Waals surface area (Å²) in [6, 6.07) is 14.3. The molecule has 0 saturated carbocycles. The molecular weight excluding hydrogens is 326 g/mol. The molecule has 2 heterocycles. The first kappa shape index (κ1) is 15.9. The minimum Gasteiger partial charge on any atom is -0.481 e. The van der Waals surface area contributed by atoms with Crippen LogP contribution in [0.25, 0.3) is 10.6 Å². The average molecular weight is 341 g/mol. The van der Waals surface area contributed by atoms with Crippen molar-refractivity contribution in [3.05, 3.63) is 65.2 Å². The van der Waals surface area contributed by atoms with Crippen LogP contribution in [0.4, 0.5) is 0 Å². The highest BCUT2D eigenvalue weighted by atomic mass is 32.1. The third-order valence-corrected chi connectivity index (χ3v) is 4.47. The van der Waals surface area contributed by atoms with Gasteiger partial charge in [0.2, 0.25) is 0 Å². The van der Waals surface area contributed by atoms with E-state index < -0.39 is 17.8 Å². The Morgan fingerprint density at radius 1 is 1.21 bits per heavy atom. The van der Waals surface area contributed by atoms with Crippen molar-refractivity contribution >= 4 is 23.2 Å². The standard InChI is InChI=1S/C17H15N3O3S/c21-16(14-9-13(19-20-14)15-7-4-8-24-15)18-10-12(17(22)23)11-5-2-1-3-6-11/h1-9,12H,10H2,(H,18,21)(H,19,20)(H,22,23). The highest BCUT2D eigenvalue weighted by Crippen LogP contribution is 2.23. The molecule has 0 aliphatic carbocycles. The maximum Gasteiger partial charge on any atom is 0.312 e. The zero-order valence-electron chi connectivity index (χ0n) is 12.6. The predicted octanol–water partition coefficient (Wildman–Crippen LogP) is 2.74. The van der Waals surface area contributed by atoms with Crippen LogP contribution in [-0.4, -0.2) is 33.7 Å². The molecule has 6 nitrogen and oxygen atoms in total. The van der Waals surface area contributed by atoms with Gasteiger partial charge in [0.15, 0.2) is 5.69 Å². The molecular formula is C17H15N3O3S. The third-order valence-electron chi connectivity index (χ3n) is 3.56. The average Bonchev–Trinajstić information content (AvgIpc) is 3.27. The van der Waals surface area contributed by atoms with Crippen LogP contribution in [-0.2, 0) is 4.79 Å². The van der Waals surface area contributed by atoms with Gasteiger partial charge in [-0.15, -0.1) is 11.3 Å². The first-order chi connectivity index (χ1) is 11.6. The summed E-state index contributed by atoms with van der Waals surface area (Å²) in [7, 11) is 0. The van der Waals surface area contributed by atoms with Crippen molar-refractivity contribution in [1.29, 1.82) is 0 Å². The molecule has 0 spiro atoms. The molecule has 1 atom stereocenters. The van der Waals surface area contributed by atoms with E-state index >= 15 is 0 Å². The molecule has 7 heteroatoms. The zero-order chi connectivity index (χ0) is 16.9. The molecule has 122 valence electrons. The number of nitrogens with zero attached hydrogens (tertiary/aromatic N) is 1. The number of thiophene rings is 1. The molecule has 24 heavy (non-hydrogen) atoms. The van der Waals surface area contributed by atoms with Crippen LogP contribution in [0.3, 0.4) is 0 Å². The SMILES string of the molecule is O=C(NCC(C(=O)O)c1ccccc1)c1cc(-c2cccs2)[nH]n1. The second kappa shape index (κ2) is 7.10. The normalized spacial score (nSPS) is 11.8. The van der Waals surface area contributed by atoms with E-state index in [1.54, 1.807) is 30.3 Å². The Morgan fingerprint density at radius 3 is 2.67 bits per heavy atom. The molecule has 0 fully saturated rings. The lowest BCUT2D eigenvalue weighted by Gasteiger charge is -2.13. The summed E-state index contributed by atoms with van der Waals surface area (Å²) in [5.41, 5.74) is 1.63. The molecule has 0 aliphatic heterocycles. The van der Waals surface area contributed by atoms with Crippen molar-refractivity contribution in [3.8, 4) is 10.6 Å². The molecule has 1 amide bonds. The van der Waals surface area contributed by atoms with E-state index in [4.69, 9.17) is 0 Å². The van der Waals surface area contributed by atoms with E-state index in [2.05, 4.69) is 15.5 Å². The molecule has 2 aromatic heterocycles. The second-order valence-corrected chi connectivity index (χ2v) is 6.10. The second-order valence-electron chi connectivity index (χ2n) is 5.16. The van der Waals surface area contributed by atoms with E-state index in [0.29, 0.717) is 5.56 Å². The van der Waals surface area contributed by atoms with Gasteiger partial charge in [-0.25, -0.2) is 0 Å². The summed E-state index contributed by atoms with van der Waals surface area (Å²) in [5, 5.41) is 20.7. The Bertz CT molecular complexity index is 828. The number of amides is 1. The number of carbonyl (C=O) groups excluding carboxylic acids is 1. The lowest BCUT2D eigenvalue weighted by Crippen LogP contribution is -2.31. The first-order valence-corrected chi connectivity index (χ1v) is 8.18. The number of aromatic amines is 1. The zero-order valence-corrected chi connectivity index (χ0v) is 13.4. The van der Waals surface area contributed by atoms with Gasteiger partial charge in [-0.1, -0.05) is 36.4 Å². The largest absolute Gasteiger partial charge is 0.481 e. The van der Waals surface area contributed by atoms with E-state index in [0.717, 1.165) is 10.6 Å². The van der Waals surface area contributed by atoms with Gasteiger partial charge in [-0.2, -0.15) is 5.10 Å². The Labute approximate surface area is 142 Å². The summed E-state index contributed by atoms with van der Waals surface area (Å²) < 4.78 is 0. The fraction of sp³-hybridized carbons (Fsp3) is 0.118. The molecule has 3 rings (SSSR count). The number of carbonyl (C=O) groups is 2. The van der Waals surface area contributed by atoms with Crippen molar-refractivity contribution in [3.63, 3.8) is 0 Å². The number of aliphatic carboxylic acids is 1. The summed E-state index contributed by atoms with van der Waals surface area (Å²) in [6.07, 6.45) is 0. The van der Waals surface area contributed by atoms with Crippen LogP contribution in [0.15, 0.2) is 53.9 Å². The van der Waals surface area contributed by atoms with Crippen LogP contribution in [0.2, 0.25) is 0 Å². The topological polar surface area (TPSA) is 95.1 Å². The number of nitrogens with one attached hydrogen (secondary N) is 2. The molecule has 0 aliphatic rings.